The van der Waals surface area contributed by atoms with Gasteiger partial charge in [-0.3, -0.25) is 4.99 Å². The molecule has 0 bridgehead atoms. The van der Waals surface area contributed by atoms with Crippen LogP contribution in [0, 0.1) is 0 Å². The average molecular weight is 371 g/mol. The summed E-state index contributed by atoms with van der Waals surface area (Å²) >= 11 is 9.54. The first kappa shape index (κ1) is 15.0. The minimum absolute atomic E-state index is 0.631. The molecule has 0 aliphatic carbocycles. The number of hydrogen-bond donors (Lipinski definition) is 0. The summed E-state index contributed by atoms with van der Waals surface area (Å²) in [6.45, 7) is 0. The van der Waals surface area contributed by atoms with Gasteiger partial charge in [-0.05, 0) is 34.9 Å². The lowest BCUT2D eigenvalue weighted by Gasteiger charge is -2.02. The van der Waals surface area contributed by atoms with Gasteiger partial charge in [-0.25, -0.2) is 0 Å². The van der Waals surface area contributed by atoms with E-state index in [0.717, 1.165) is 15.7 Å². The van der Waals surface area contributed by atoms with E-state index in [1.807, 2.05) is 42.6 Å². The molecule has 0 N–H and O–H groups in total. The van der Waals surface area contributed by atoms with Crippen molar-refractivity contribution >= 4 is 39.4 Å². The summed E-state index contributed by atoms with van der Waals surface area (Å²) < 4.78 is 0.948. The molecule has 0 amide bonds. The molecule has 1 nitrogen and oxygen atoms in total. The third kappa shape index (κ3) is 3.65. The van der Waals surface area contributed by atoms with Crippen LogP contribution in [0.2, 0.25) is 5.02 Å². The molecule has 0 spiro atoms. The second-order valence-corrected chi connectivity index (χ2v) is 6.16. The van der Waals surface area contributed by atoms with E-state index in [2.05, 4.69) is 57.3 Å². The van der Waals surface area contributed by atoms with Gasteiger partial charge in [0.2, 0.25) is 0 Å². The van der Waals surface area contributed by atoms with Crippen LogP contribution >= 0.6 is 27.5 Å². The highest BCUT2D eigenvalue weighted by Crippen LogP contribution is 2.28. The first-order valence-electron chi connectivity index (χ1n) is 6.87. The van der Waals surface area contributed by atoms with Crippen LogP contribution in [0.1, 0.15) is 5.56 Å². The maximum atomic E-state index is 6.16. The maximum Gasteiger partial charge on any atom is 0.0816 e. The number of halogens is 2. The molecule has 0 fully saturated rings. The summed E-state index contributed by atoms with van der Waals surface area (Å²) in [7, 11) is 0. The lowest BCUT2D eigenvalue weighted by atomic mass is 10.0. The second kappa shape index (κ2) is 6.91. The van der Waals surface area contributed by atoms with Crippen molar-refractivity contribution in [1.82, 2.24) is 0 Å². The SMILES string of the molecule is Clc1cc(Br)ccc1/N=C/c1ccc(-c2ccccc2)cc1. The Morgan fingerprint density at radius 2 is 1.50 bits per heavy atom. The van der Waals surface area contributed by atoms with Gasteiger partial charge in [0.25, 0.3) is 0 Å². The molecule has 0 aromatic heterocycles. The normalized spacial score (nSPS) is 11.0. The zero-order chi connectivity index (χ0) is 15.4. The van der Waals surface area contributed by atoms with E-state index < -0.39 is 0 Å². The zero-order valence-electron chi connectivity index (χ0n) is 11.7. The molecule has 0 aliphatic heterocycles. The molecule has 3 rings (SSSR count). The summed E-state index contributed by atoms with van der Waals surface area (Å²) in [5, 5.41) is 0.631. The first-order valence-corrected chi connectivity index (χ1v) is 8.04. The Morgan fingerprint density at radius 3 is 2.18 bits per heavy atom. The Balaban J connectivity index is 1.80. The Labute approximate surface area is 143 Å². The summed E-state index contributed by atoms with van der Waals surface area (Å²) in [5.74, 6) is 0. The standard InChI is InChI=1S/C19H13BrClN/c20-17-10-11-19(18(21)12-17)22-13-14-6-8-16(9-7-14)15-4-2-1-3-5-15/h1-13H/b22-13+. The Morgan fingerprint density at radius 1 is 0.818 bits per heavy atom. The van der Waals surface area contributed by atoms with Crippen molar-refractivity contribution < 1.29 is 0 Å². The van der Waals surface area contributed by atoms with Crippen LogP contribution in [-0.4, -0.2) is 6.21 Å². The summed E-state index contributed by atoms with van der Waals surface area (Å²) in [4.78, 5) is 4.44. The molecule has 3 heteroatoms. The molecule has 0 heterocycles. The van der Waals surface area contributed by atoms with Gasteiger partial charge in [0.15, 0.2) is 0 Å². The van der Waals surface area contributed by atoms with Crippen molar-refractivity contribution in [3.63, 3.8) is 0 Å². The van der Waals surface area contributed by atoms with Crippen molar-refractivity contribution in [1.29, 1.82) is 0 Å². The Hall–Kier alpha value is -1.90. The van der Waals surface area contributed by atoms with Crippen molar-refractivity contribution in [3.05, 3.63) is 87.9 Å². The van der Waals surface area contributed by atoms with Gasteiger partial charge in [0, 0.05) is 10.7 Å². The highest BCUT2D eigenvalue weighted by molar-refractivity contribution is 9.10. The number of hydrogen-bond acceptors (Lipinski definition) is 1. The molecular weight excluding hydrogens is 358 g/mol. The van der Waals surface area contributed by atoms with Gasteiger partial charge in [-0.15, -0.1) is 0 Å². The zero-order valence-corrected chi connectivity index (χ0v) is 14.1. The quantitative estimate of drug-likeness (QED) is 0.465. The number of benzene rings is 3. The largest absolute Gasteiger partial charge is 0.255 e. The van der Waals surface area contributed by atoms with Gasteiger partial charge in [-0.1, -0.05) is 82.1 Å². The van der Waals surface area contributed by atoms with Gasteiger partial charge in [0.1, 0.15) is 0 Å². The fourth-order valence-corrected chi connectivity index (χ4v) is 2.84. The predicted octanol–water partition coefficient (Wildman–Crippen LogP) is 6.52. The maximum absolute atomic E-state index is 6.16. The Kier molecular flexibility index (Phi) is 4.71. The lowest BCUT2D eigenvalue weighted by molar-refractivity contribution is 1.51. The molecule has 0 atom stereocenters. The first-order chi connectivity index (χ1) is 10.7. The molecule has 3 aromatic carbocycles. The molecule has 0 saturated carbocycles. The number of rotatable bonds is 3. The van der Waals surface area contributed by atoms with E-state index in [-0.39, 0.29) is 0 Å². The van der Waals surface area contributed by atoms with Crippen molar-refractivity contribution in [2.24, 2.45) is 4.99 Å². The minimum atomic E-state index is 0.631. The molecule has 0 aliphatic rings. The van der Waals surface area contributed by atoms with Crippen molar-refractivity contribution in [2.75, 3.05) is 0 Å². The van der Waals surface area contributed by atoms with Crippen LogP contribution in [-0.2, 0) is 0 Å². The predicted molar refractivity (Wildman–Crippen MR) is 98.3 cm³/mol. The monoisotopic (exact) mass is 369 g/mol. The molecule has 22 heavy (non-hydrogen) atoms. The molecule has 0 unspecified atom stereocenters. The Bertz CT molecular complexity index is 795. The van der Waals surface area contributed by atoms with Crippen LogP contribution < -0.4 is 0 Å². The highest BCUT2D eigenvalue weighted by atomic mass is 79.9. The third-order valence-corrected chi connectivity index (χ3v) is 4.08. The van der Waals surface area contributed by atoms with E-state index in [9.17, 15) is 0 Å². The second-order valence-electron chi connectivity index (χ2n) is 4.84. The van der Waals surface area contributed by atoms with Crippen LogP contribution in [0.15, 0.2) is 82.3 Å². The molecular formula is C19H13BrClN. The molecule has 3 aromatic rings. The third-order valence-electron chi connectivity index (χ3n) is 3.28. The van der Waals surface area contributed by atoms with Gasteiger partial charge in [0.05, 0.1) is 10.7 Å². The smallest absolute Gasteiger partial charge is 0.0816 e. The average Bonchev–Trinajstić information content (AvgIpc) is 2.55. The summed E-state index contributed by atoms with van der Waals surface area (Å²) in [5.41, 5.74) is 4.21. The van der Waals surface area contributed by atoms with Crippen molar-refractivity contribution in [2.45, 2.75) is 0 Å². The van der Waals surface area contributed by atoms with E-state index >= 15 is 0 Å². The van der Waals surface area contributed by atoms with E-state index in [4.69, 9.17) is 11.6 Å². The number of aliphatic imine (C=N–C) groups is 1. The molecule has 0 radical (unpaired) electrons. The number of nitrogens with zero attached hydrogens (tertiary/aromatic N) is 1. The van der Waals surface area contributed by atoms with Crippen LogP contribution in [0.25, 0.3) is 11.1 Å². The van der Waals surface area contributed by atoms with Crippen LogP contribution in [0.4, 0.5) is 5.69 Å². The van der Waals surface area contributed by atoms with E-state index in [1.165, 1.54) is 11.1 Å². The topological polar surface area (TPSA) is 12.4 Å². The molecule has 108 valence electrons. The lowest BCUT2D eigenvalue weighted by Crippen LogP contribution is -1.82. The summed E-state index contributed by atoms with van der Waals surface area (Å²) in [6.07, 6.45) is 1.82. The van der Waals surface area contributed by atoms with Gasteiger partial charge in [-0.2, -0.15) is 0 Å². The molecule has 0 saturated heterocycles. The van der Waals surface area contributed by atoms with Crippen LogP contribution in [0.5, 0.6) is 0 Å². The highest BCUT2D eigenvalue weighted by Gasteiger charge is 1.99. The van der Waals surface area contributed by atoms with Gasteiger partial charge < -0.3 is 0 Å². The van der Waals surface area contributed by atoms with E-state index in [0.29, 0.717) is 5.02 Å². The fourth-order valence-electron chi connectivity index (χ4n) is 2.12. The van der Waals surface area contributed by atoms with E-state index in [1.54, 1.807) is 0 Å². The van der Waals surface area contributed by atoms with Crippen LogP contribution in [0.3, 0.4) is 0 Å². The summed E-state index contributed by atoms with van der Waals surface area (Å²) in [6, 6.07) is 24.3. The van der Waals surface area contributed by atoms with Crippen molar-refractivity contribution in [3.8, 4) is 11.1 Å². The van der Waals surface area contributed by atoms with Gasteiger partial charge >= 0.3 is 0 Å². The fraction of sp³-hybridized carbons (Fsp3) is 0. The minimum Gasteiger partial charge on any atom is -0.255 e.